The van der Waals surface area contributed by atoms with E-state index in [4.69, 9.17) is 5.26 Å². The third-order valence-electron chi connectivity index (χ3n) is 3.79. The summed E-state index contributed by atoms with van der Waals surface area (Å²) in [6, 6.07) is 0. The Kier molecular flexibility index (Phi) is 13.2. The van der Waals surface area contributed by atoms with E-state index < -0.39 is 0 Å². The van der Waals surface area contributed by atoms with Crippen LogP contribution in [0, 0.1) is 10.8 Å². The predicted molar refractivity (Wildman–Crippen MR) is 90.5 cm³/mol. The third kappa shape index (κ3) is 15.8. The molecule has 0 aliphatic rings. The maximum absolute atomic E-state index is 11.1. The molecule has 0 amide bonds. The van der Waals surface area contributed by atoms with E-state index in [1.54, 1.807) is 0 Å². The lowest BCUT2D eigenvalue weighted by atomic mass is 9.82. The second-order valence-corrected chi connectivity index (χ2v) is 7.48. The van der Waals surface area contributed by atoms with Crippen molar-refractivity contribution in [2.75, 3.05) is 6.61 Å². The van der Waals surface area contributed by atoms with Crippen molar-refractivity contribution in [3.05, 3.63) is 0 Å². The zero-order chi connectivity index (χ0) is 16.9. The Bertz CT molecular complexity index is 257. The molecule has 0 spiro atoms. The van der Waals surface area contributed by atoms with Gasteiger partial charge in [-0.3, -0.25) is 10.1 Å². The molecule has 0 aromatic carbocycles. The predicted octanol–water partition coefficient (Wildman–Crippen LogP) is 5.87. The van der Waals surface area contributed by atoms with Gasteiger partial charge in [-0.1, -0.05) is 61.3 Å². The molecule has 0 heterocycles. The molecule has 0 unspecified atom stereocenters. The maximum Gasteiger partial charge on any atom is 0.133 e. The van der Waals surface area contributed by atoms with Crippen LogP contribution in [0.5, 0.6) is 0 Å². The summed E-state index contributed by atoms with van der Waals surface area (Å²) in [4.78, 5) is 15.1. The average molecular weight is 302 g/mol. The number of rotatable bonds is 10. The molecule has 0 rings (SSSR count). The van der Waals surface area contributed by atoms with Crippen molar-refractivity contribution >= 4 is 5.78 Å². The van der Waals surface area contributed by atoms with Crippen LogP contribution in [0.15, 0.2) is 0 Å². The van der Waals surface area contributed by atoms with E-state index in [2.05, 4.69) is 46.4 Å². The summed E-state index contributed by atoms with van der Waals surface area (Å²) >= 11 is 0. The monoisotopic (exact) mass is 302 g/mol. The second kappa shape index (κ2) is 12.2. The van der Waals surface area contributed by atoms with E-state index in [1.807, 2.05) is 6.92 Å². The minimum atomic E-state index is 0.224. The zero-order valence-electron chi connectivity index (χ0n) is 15.4. The lowest BCUT2D eigenvalue weighted by molar-refractivity contribution is -0.246. The van der Waals surface area contributed by atoms with Gasteiger partial charge >= 0.3 is 0 Å². The van der Waals surface area contributed by atoms with E-state index in [0.29, 0.717) is 24.2 Å². The first-order valence-corrected chi connectivity index (χ1v) is 8.42. The van der Waals surface area contributed by atoms with Crippen LogP contribution in [0.3, 0.4) is 0 Å². The van der Waals surface area contributed by atoms with Crippen molar-refractivity contribution in [2.24, 2.45) is 10.8 Å². The van der Waals surface area contributed by atoms with Crippen LogP contribution in [0.1, 0.15) is 93.4 Å². The quantitative estimate of drug-likeness (QED) is 0.405. The molecule has 0 aromatic rings. The Morgan fingerprint density at radius 2 is 1.38 bits per heavy atom. The van der Waals surface area contributed by atoms with Crippen LogP contribution in [0.25, 0.3) is 0 Å². The summed E-state index contributed by atoms with van der Waals surface area (Å²) in [5, 5.41) is 8.10. The highest BCUT2D eigenvalue weighted by Crippen LogP contribution is 2.27. The van der Waals surface area contributed by atoms with Gasteiger partial charge in [-0.15, -0.1) is 0 Å². The molecule has 0 radical (unpaired) electrons. The van der Waals surface area contributed by atoms with Crippen molar-refractivity contribution in [2.45, 2.75) is 93.4 Å². The molecule has 1 N–H and O–H groups in total. The Hall–Kier alpha value is -0.410. The van der Waals surface area contributed by atoms with Crippen molar-refractivity contribution < 1.29 is 14.9 Å². The molecule has 128 valence electrons. The SMILES string of the molecule is CCCC(C)(C)CC(=O)CC.CCCC(C)(C)CCOO. The molecular weight excluding hydrogens is 264 g/mol. The van der Waals surface area contributed by atoms with Crippen LogP contribution in [0.4, 0.5) is 0 Å². The number of ketones is 1. The minimum absolute atomic E-state index is 0.224. The topological polar surface area (TPSA) is 46.5 Å². The molecule has 0 aromatic heterocycles. The first kappa shape index (κ1) is 22.9. The average Bonchev–Trinajstić information content (AvgIpc) is 2.36. The van der Waals surface area contributed by atoms with Gasteiger partial charge in [0.15, 0.2) is 0 Å². The Balaban J connectivity index is 0. The van der Waals surface area contributed by atoms with Crippen molar-refractivity contribution in [1.82, 2.24) is 0 Å². The number of hydrogen-bond donors (Lipinski definition) is 1. The van der Waals surface area contributed by atoms with Crippen molar-refractivity contribution in [3.8, 4) is 0 Å². The molecule has 0 atom stereocenters. The Morgan fingerprint density at radius 1 is 0.905 bits per heavy atom. The lowest BCUT2D eigenvalue weighted by Crippen LogP contribution is -2.16. The summed E-state index contributed by atoms with van der Waals surface area (Å²) in [5.74, 6) is 0.392. The fourth-order valence-corrected chi connectivity index (χ4v) is 2.55. The molecule has 3 nitrogen and oxygen atoms in total. The third-order valence-corrected chi connectivity index (χ3v) is 3.79. The minimum Gasteiger partial charge on any atom is -0.300 e. The van der Waals surface area contributed by atoms with Gasteiger partial charge in [0.05, 0.1) is 6.61 Å². The van der Waals surface area contributed by atoms with Gasteiger partial charge in [0.1, 0.15) is 5.78 Å². The molecule has 0 fully saturated rings. The number of Topliss-reactive ketones (excluding diaryl/α,β-unsaturated/α-hetero) is 1. The normalized spacial score (nSPS) is 11.8. The molecule has 3 heteroatoms. The molecule has 0 saturated carbocycles. The van der Waals surface area contributed by atoms with Gasteiger partial charge in [-0.25, -0.2) is 4.89 Å². The standard InChI is InChI=1S/C10H20O.C8H18O2/c1-5-7-10(3,4)8-9(11)6-2;1-4-5-8(2,3)6-7-10-9/h5-8H2,1-4H3;9H,4-7H2,1-3H3. The molecule has 0 aliphatic heterocycles. The van der Waals surface area contributed by atoms with Crippen LogP contribution < -0.4 is 0 Å². The van der Waals surface area contributed by atoms with Crippen LogP contribution in [-0.4, -0.2) is 17.6 Å². The number of carbonyl (C=O) groups excluding carboxylic acids is 1. The Labute approximate surface area is 132 Å². The largest absolute Gasteiger partial charge is 0.300 e. The zero-order valence-corrected chi connectivity index (χ0v) is 15.4. The molecule has 21 heavy (non-hydrogen) atoms. The summed E-state index contributed by atoms with van der Waals surface area (Å²) in [5.41, 5.74) is 0.541. The van der Waals surface area contributed by atoms with Crippen LogP contribution >= 0.6 is 0 Å². The second-order valence-electron chi connectivity index (χ2n) is 7.48. The van der Waals surface area contributed by atoms with E-state index >= 15 is 0 Å². The highest BCUT2D eigenvalue weighted by Gasteiger charge is 2.19. The van der Waals surface area contributed by atoms with Gasteiger partial charge < -0.3 is 0 Å². The van der Waals surface area contributed by atoms with Gasteiger partial charge in [0, 0.05) is 12.8 Å². The van der Waals surface area contributed by atoms with Gasteiger partial charge in [0.2, 0.25) is 0 Å². The maximum atomic E-state index is 11.1. The van der Waals surface area contributed by atoms with E-state index in [9.17, 15) is 4.79 Å². The summed E-state index contributed by atoms with van der Waals surface area (Å²) in [6.07, 6.45) is 7.07. The van der Waals surface area contributed by atoms with Crippen LogP contribution in [0.2, 0.25) is 0 Å². The highest BCUT2D eigenvalue weighted by atomic mass is 17.1. The fourth-order valence-electron chi connectivity index (χ4n) is 2.55. The Morgan fingerprint density at radius 3 is 1.76 bits per heavy atom. The lowest BCUT2D eigenvalue weighted by Gasteiger charge is -2.22. The van der Waals surface area contributed by atoms with Crippen LogP contribution in [-0.2, 0) is 9.68 Å². The summed E-state index contributed by atoms with van der Waals surface area (Å²) in [6.45, 7) is 15.4. The van der Waals surface area contributed by atoms with E-state index in [1.165, 1.54) is 19.3 Å². The van der Waals surface area contributed by atoms with E-state index in [0.717, 1.165) is 19.3 Å². The number of carbonyl (C=O) groups is 1. The summed E-state index contributed by atoms with van der Waals surface area (Å²) < 4.78 is 0. The summed E-state index contributed by atoms with van der Waals surface area (Å²) in [7, 11) is 0. The highest BCUT2D eigenvalue weighted by molar-refractivity contribution is 5.78. The molecule has 0 saturated heterocycles. The van der Waals surface area contributed by atoms with Crippen molar-refractivity contribution in [3.63, 3.8) is 0 Å². The fraction of sp³-hybridized carbons (Fsp3) is 0.944. The van der Waals surface area contributed by atoms with Gasteiger partial charge in [-0.05, 0) is 30.1 Å². The number of hydrogen-bond acceptors (Lipinski definition) is 3. The first-order chi connectivity index (χ1) is 9.64. The smallest absolute Gasteiger partial charge is 0.133 e. The van der Waals surface area contributed by atoms with E-state index in [-0.39, 0.29) is 5.41 Å². The first-order valence-electron chi connectivity index (χ1n) is 8.42. The van der Waals surface area contributed by atoms with Gasteiger partial charge in [0.25, 0.3) is 0 Å². The molecule has 0 bridgehead atoms. The molecule has 0 aliphatic carbocycles. The van der Waals surface area contributed by atoms with Gasteiger partial charge in [-0.2, -0.15) is 0 Å². The van der Waals surface area contributed by atoms with Crippen molar-refractivity contribution in [1.29, 1.82) is 0 Å². The molecular formula is C18H38O3.